The van der Waals surface area contributed by atoms with Gasteiger partial charge in [0, 0.05) is 9.35 Å². The van der Waals surface area contributed by atoms with Crippen LogP contribution in [0.3, 0.4) is 0 Å². The maximum absolute atomic E-state index is 4.73. The molecule has 1 unspecified atom stereocenters. The molecule has 1 atom stereocenters. The molecule has 0 aliphatic heterocycles. The Morgan fingerprint density at radius 1 is 1.30 bits per heavy atom. The standard InChI is InChI=1S/C16H21BrN2S/c1-5-8-18-15(16-19-11(3)12(4)20-16)13-7-6-10(2)14(17)9-13/h6-7,9,15,18H,5,8H2,1-4H3. The van der Waals surface area contributed by atoms with Crippen molar-refractivity contribution >= 4 is 27.3 Å². The Kier molecular flexibility index (Phi) is 5.35. The molecule has 0 aliphatic rings. The van der Waals surface area contributed by atoms with Crippen LogP contribution in [0.1, 0.15) is 46.1 Å². The highest BCUT2D eigenvalue weighted by molar-refractivity contribution is 9.10. The van der Waals surface area contributed by atoms with Crippen LogP contribution < -0.4 is 5.32 Å². The summed E-state index contributed by atoms with van der Waals surface area (Å²) in [5.74, 6) is 0. The Hall–Kier alpha value is -0.710. The summed E-state index contributed by atoms with van der Waals surface area (Å²) in [6.45, 7) is 9.51. The number of hydrogen-bond donors (Lipinski definition) is 1. The molecule has 108 valence electrons. The molecule has 0 bridgehead atoms. The second-order valence-corrected chi connectivity index (χ2v) is 7.18. The molecule has 0 fully saturated rings. The predicted molar refractivity (Wildman–Crippen MR) is 90.6 cm³/mol. The lowest BCUT2D eigenvalue weighted by Gasteiger charge is -2.17. The van der Waals surface area contributed by atoms with E-state index in [4.69, 9.17) is 4.98 Å². The van der Waals surface area contributed by atoms with Crippen molar-refractivity contribution in [3.05, 3.63) is 49.4 Å². The van der Waals surface area contributed by atoms with Crippen LogP contribution in [0.25, 0.3) is 0 Å². The number of aromatic nitrogens is 1. The van der Waals surface area contributed by atoms with E-state index in [1.165, 1.54) is 16.0 Å². The quantitative estimate of drug-likeness (QED) is 0.825. The van der Waals surface area contributed by atoms with Crippen molar-refractivity contribution in [2.45, 2.75) is 40.2 Å². The molecule has 4 heteroatoms. The van der Waals surface area contributed by atoms with Gasteiger partial charge in [-0.3, -0.25) is 0 Å². The smallest absolute Gasteiger partial charge is 0.115 e. The summed E-state index contributed by atoms with van der Waals surface area (Å²) in [4.78, 5) is 6.03. The Bertz CT molecular complexity index is 573. The molecule has 2 nitrogen and oxygen atoms in total. The highest BCUT2D eigenvalue weighted by Gasteiger charge is 2.18. The van der Waals surface area contributed by atoms with E-state index < -0.39 is 0 Å². The first-order chi connectivity index (χ1) is 9.52. The van der Waals surface area contributed by atoms with Gasteiger partial charge in [-0.2, -0.15) is 0 Å². The molecule has 1 aromatic carbocycles. The van der Waals surface area contributed by atoms with Crippen LogP contribution in [0.2, 0.25) is 0 Å². The van der Waals surface area contributed by atoms with Crippen LogP contribution in [0, 0.1) is 20.8 Å². The van der Waals surface area contributed by atoms with E-state index in [0.29, 0.717) is 0 Å². The second kappa shape index (κ2) is 6.83. The summed E-state index contributed by atoms with van der Waals surface area (Å²) in [6, 6.07) is 6.74. The molecule has 20 heavy (non-hydrogen) atoms. The third-order valence-electron chi connectivity index (χ3n) is 3.42. The van der Waals surface area contributed by atoms with Gasteiger partial charge in [-0.1, -0.05) is 35.0 Å². The molecular formula is C16H21BrN2S. The zero-order valence-electron chi connectivity index (χ0n) is 12.5. The largest absolute Gasteiger partial charge is 0.304 e. The fourth-order valence-corrected chi connectivity index (χ4v) is 3.47. The predicted octanol–water partition coefficient (Wildman–Crippen LogP) is 4.92. The lowest BCUT2D eigenvalue weighted by Crippen LogP contribution is -2.23. The van der Waals surface area contributed by atoms with Crippen molar-refractivity contribution in [2.75, 3.05) is 6.54 Å². The van der Waals surface area contributed by atoms with E-state index in [9.17, 15) is 0 Å². The number of thiazole rings is 1. The van der Waals surface area contributed by atoms with Gasteiger partial charge in [0.15, 0.2) is 0 Å². The van der Waals surface area contributed by atoms with Crippen molar-refractivity contribution in [3.8, 4) is 0 Å². The van der Waals surface area contributed by atoms with Crippen LogP contribution >= 0.6 is 27.3 Å². The first-order valence-electron chi connectivity index (χ1n) is 6.96. The van der Waals surface area contributed by atoms with Crippen LogP contribution in [-0.2, 0) is 0 Å². The third kappa shape index (κ3) is 3.48. The van der Waals surface area contributed by atoms with E-state index >= 15 is 0 Å². The maximum Gasteiger partial charge on any atom is 0.115 e. The van der Waals surface area contributed by atoms with Gasteiger partial charge in [-0.25, -0.2) is 4.98 Å². The topological polar surface area (TPSA) is 24.9 Å². The maximum atomic E-state index is 4.73. The van der Waals surface area contributed by atoms with Crippen molar-refractivity contribution in [1.82, 2.24) is 10.3 Å². The number of nitrogens with zero attached hydrogens (tertiary/aromatic N) is 1. The van der Waals surface area contributed by atoms with Crippen molar-refractivity contribution < 1.29 is 0 Å². The van der Waals surface area contributed by atoms with Gasteiger partial charge >= 0.3 is 0 Å². The van der Waals surface area contributed by atoms with Crippen LogP contribution in [0.5, 0.6) is 0 Å². The SMILES string of the molecule is CCCNC(c1ccc(C)c(Br)c1)c1nc(C)c(C)s1. The highest BCUT2D eigenvalue weighted by atomic mass is 79.9. The summed E-state index contributed by atoms with van der Waals surface area (Å²) in [5, 5.41) is 4.77. The summed E-state index contributed by atoms with van der Waals surface area (Å²) in [7, 11) is 0. The molecule has 2 rings (SSSR count). The normalized spacial score (nSPS) is 12.7. The first-order valence-corrected chi connectivity index (χ1v) is 8.57. The molecule has 0 aliphatic carbocycles. The van der Waals surface area contributed by atoms with Crippen molar-refractivity contribution in [2.24, 2.45) is 0 Å². The first kappa shape index (κ1) is 15.7. The molecule has 1 aromatic heterocycles. The van der Waals surface area contributed by atoms with Crippen molar-refractivity contribution in [3.63, 3.8) is 0 Å². The average molecular weight is 353 g/mol. The van der Waals surface area contributed by atoms with E-state index in [1.54, 1.807) is 11.3 Å². The monoisotopic (exact) mass is 352 g/mol. The molecular weight excluding hydrogens is 332 g/mol. The zero-order valence-corrected chi connectivity index (χ0v) is 14.9. The van der Waals surface area contributed by atoms with E-state index in [0.717, 1.165) is 28.1 Å². The molecule has 0 spiro atoms. The summed E-state index contributed by atoms with van der Waals surface area (Å²) in [6.07, 6.45) is 1.12. The number of nitrogens with one attached hydrogen (secondary N) is 1. The molecule has 2 aromatic rings. The minimum atomic E-state index is 0.184. The fourth-order valence-electron chi connectivity index (χ4n) is 2.05. The average Bonchev–Trinajstić information content (AvgIpc) is 2.74. The van der Waals surface area contributed by atoms with Gasteiger partial charge in [-0.15, -0.1) is 11.3 Å². The minimum Gasteiger partial charge on any atom is -0.304 e. The minimum absolute atomic E-state index is 0.184. The van der Waals surface area contributed by atoms with Gasteiger partial charge in [0.1, 0.15) is 5.01 Å². The molecule has 0 saturated carbocycles. The lowest BCUT2D eigenvalue weighted by molar-refractivity contribution is 0.595. The van der Waals surface area contributed by atoms with Crippen LogP contribution in [0.15, 0.2) is 22.7 Å². The molecule has 1 N–H and O–H groups in total. The molecule has 1 heterocycles. The Morgan fingerprint density at radius 2 is 2.05 bits per heavy atom. The van der Waals surface area contributed by atoms with Gasteiger partial charge in [0.2, 0.25) is 0 Å². The molecule has 0 radical (unpaired) electrons. The lowest BCUT2D eigenvalue weighted by atomic mass is 10.1. The summed E-state index contributed by atoms with van der Waals surface area (Å²) >= 11 is 5.42. The number of aryl methyl sites for hydroxylation is 3. The van der Waals surface area contributed by atoms with Gasteiger partial charge in [0.25, 0.3) is 0 Å². The number of benzene rings is 1. The number of halogens is 1. The van der Waals surface area contributed by atoms with Crippen LogP contribution in [0.4, 0.5) is 0 Å². The van der Waals surface area contributed by atoms with E-state index in [1.807, 2.05) is 0 Å². The van der Waals surface area contributed by atoms with Crippen LogP contribution in [-0.4, -0.2) is 11.5 Å². The second-order valence-electron chi connectivity index (χ2n) is 5.09. The van der Waals surface area contributed by atoms with Gasteiger partial charge < -0.3 is 5.32 Å². The van der Waals surface area contributed by atoms with Crippen molar-refractivity contribution in [1.29, 1.82) is 0 Å². The number of rotatable bonds is 5. The number of hydrogen-bond acceptors (Lipinski definition) is 3. The van der Waals surface area contributed by atoms with Gasteiger partial charge in [0.05, 0.1) is 11.7 Å². The van der Waals surface area contributed by atoms with E-state index in [2.05, 4.69) is 67.1 Å². The zero-order chi connectivity index (χ0) is 14.7. The fraction of sp³-hybridized carbons (Fsp3) is 0.438. The summed E-state index contributed by atoms with van der Waals surface area (Å²) < 4.78 is 1.16. The highest BCUT2D eigenvalue weighted by Crippen LogP contribution is 2.30. The Morgan fingerprint density at radius 3 is 2.60 bits per heavy atom. The Balaban J connectivity index is 2.38. The summed E-state index contributed by atoms with van der Waals surface area (Å²) in [5.41, 5.74) is 3.67. The Labute approximate surface area is 133 Å². The van der Waals surface area contributed by atoms with E-state index in [-0.39, 0.29) is 6.04 Å². The molecule has 0 saturated heterocycles. The third-order valence-corrected chi connectivity index (χ3v) is 5.41. The van der Waals surface area contributed by atoms with Gasteiger partial charge in [-0.05, 0) is 50.9 Å². The molecule has 0 amide bonds.